The van der Waals surface area contributed by atoms with E-state index in [1.54, 1.807) is 23.1 Å². The summed E-state index contributed by atoms with van der Waals surface area (Å²) in [5.74, 6) is -0.310. The second-order valence-electron chi connectivity index (χ2n) is 14.3. The van der Waals surface area contributed by atoms with E-state index < -0.39 is 34.4 Å². The molecular weight excluding hydrogens is 789 g/mol. The van der Waals surface area contributed by atoms with E-state index >= 15 is 4.39 Å². The number of rotatable bonds is 11. The summed E-state index contributed by atoms with van der Waals surface area (Å²) in [6.45, 7) is 3.91. The topological polar surface area (TPSA) is 175 Å². The van der Waals surface area contributed by atoms with Crippen LogP contribution in [0, 0.1) is 5.82 Å². The van der Waals surface area contributed by atoms with E-state index in [0.29, 0.717) is 51.8 Å². The average Bonchev–Trinajstić information content (AvgIpc) is 3.88. The molecule has 1 saturated carbocycles. The van der Waals surface area contributed by atoms with Gasteiger partial charge in [-0.15, -0.1) is 9.19 Å². The molecule has 3 aromatic carbocycles. The molecule has 0 radical (unpaired) electrons. The number of anilines is 2. The van der Waals surface area contributed by atoms with Crippen LogP contribution in [-0.2, 0) is 19.6 Å². The first-order valence-electron chi connectivity index (χ1n) is 18.6. The molecule has 9 rings (SSSR count). The van der Waals surface area contributed by atoms with E-state index in [-0.39, 0.29) is 46.7 Å². The van der Waals surface area contributed by atoms with Gasteiger partial charge in [-0.05, 0) is 61.4 Å². The second kappa shape index (κ2) is 14.9. The Kier molecular flexibility index (Phi) is 9.64. The van der Waals surface area contributed by atoms with Crippen LogP contribution >= 0.6 is 11.6 Å². The number of carbonyl (C=O) groups is 2. The van der Waals surface area contributed by atoms with Gasteiger partial charge in [-0.25, -0.2) is 14.2 Å². The van der Waals surface area contributed by atoms with Crippen LogP contribution in [-0.4, -0.2) is 92.8 Å². The summed E-state index contributed by atoms with van der Waals surface area (Å²) in [6.07, 6.45) is 7.14. The predicted octanol–water partition coefficient (Wildman–Crippen LogP) is 6.34. The molecule has 3 aromatic heterocycles. The lowest BCUT2D eigenvalue weighted by molar-refractivity contribution is -0.118. The van der Waals surface area contributed by atoms with Crippen LogP contribution in [0.5, 0.6) is 6.01 Å². The van der Waals surface area contributed by atoms with E-state index in [0.717, 1.165) is 35.2 Å². The highest BCUT2D eigenvalue weighted by Crippen LogP contribution is 2.40. The van der Waals surface area contributed by atoms with Crippen molar-refractivity contribution in [2.24, 2.45) is 0 Å². The lowest BCUT2D eigenvalue weighted by Crippen LogP contribution is -2.56. The molecule has 18 heteroatoms. The largest absolute Gasteiger partial charge is 0.453 e. The van der Waals surface area contributed by atoms with Crippen LogP contribution in [0.25, 0.3) is 32.9 Å². The molecule has 6 aromatic rings. The fourth-order valence-corrected chi connectivity index (χ4v) is 8.98. The van der Waals surface area contributed by atoms with Crippen molar-refractivity contribution >= 4 is 66.8 Å². The number of nitrogens with one attached hydrogen (secondary N) is 1. The first-order chi connectivity index (χ1) is 28.1. The van der Waals surface area contributed by atoms with E-state index in [9.17, 15) is 18.0 Å². The lowest BCUT2D eigenvalue weighted by Gasteiger charge is -2.41. The van der Waals surface area contributed by atoms with Gasteiger partial charge in [-0.3, -0.25) is 14.7 Å². The Morgan fingerprint density at radius 1 is 0.983 bits per heavy atom. The van der Waals surface area contributed by atoms with Crippen molar-refractivity contribution in [3.8, 4) is 17.3 Å². The summed E-state index contributed by atoms with van der Waals surface area (Å²) in [5, 5.41) is 8.99. The third-order valence-electron chi connectivity index (χ3n) is 10.5. The fraction of sp³-hybridized carbons (Fsp3) is 0.275. The molecule has 3 fully saturated rings. The molecule has 2 saturated heterocycles. The number of fused-ring (bicyclic) bond motifs is 4. The SMILES string of the molecule is C=CCOC(=O)N1[C@@H]2CC[C@H]1CN(c1nc(OCC(=O)Nc3ccc(S(=O)(=O)n4cnc(C5CC5)n4)cc3)nc3c(F)c(-c4cccc5cccc(Cl)c45)ncc13)C2. The quantitative estimate of drug-likeness (QED) is 0.144. The Morgan fingerprint density at radius 2 is 1.72 bits per heavy atom. The van der Waals surface area contributed by atoms with Gasteiger partial charge < -0.3 is 19.7 Å². The summed E-state index contributed by atoms with van der Waals surface area (Å²) in [6, 6.07) is 15.8. The fourth-order valence-electron chi connectivity index (χ4n) is 7.64. The Labute approximate surface area is 336 Å². The maximum Gasteiger partial charge on any atom is 0.410 e. The maximum atomic E-state index is 16.9. The van der Waals surface area contributed by atoms with Gasteiger partial charge in [0.05, 0.1) is 22.4 Å². The van der Waals surface area contributed by atoms with Crippen molar-refractivity contribution in [2.75, 3.05) is 36.5 Å². The molecule has 2 aliphatic heterocycles. The zero-order valence-corrected chi connectivity index (χ0v) is 32.4. The second-order valence-corrected chi connectivity index (χ2v) is 16.5. The van der Waals surface area contributed by atoms with Crippen LogP contribution in [0.3, 0.4) is 0 Å². The minimum Gasteiger partial charge on any atom is -0.453 e. The summed E-state index contributed by atoms with van der Waals surface area (Å²) >= 11 is 6.61. The van der Waals surface area contributed by atoms with Crippen LogP contribution < -0.4 is 15.0 Å². The van der Waals surface area contributed by atoms with E-state index in [1.165, 1.54) is 42.9 Å². The number of carbonyl (C=O) groups excluding carboxylic acids is 2. The van der Waals surface area contributed by atoms with Crippen molar-refractivity contribution in [2.45, 2.75) is 48.6 Å². The maximum absolute atomic E-state index is 16.9. The highest BCUT2D eigenvalue weighted by Gasteiger charge is 2.44. The molecule has 3 aliphatic rings. The van der Waals surface area contributed by atoms with Crippen LogP contribution in [0.2, 0.25) is 5.02 Å². The van der Waals surface area contributed by atoms with Crippen molar-refractivity contribution in [3.05, 3.63) is 103 Å². The molecule has 1 N–H and O–H groups in total. The van der Waals surface area contributed by atoms with Crippen molar-refractivity contribution in [3.63, 3.8) is 0 Å². The number of hydrogen-bond donors (Lipinski definition) is 1. The predicted molar refractivity (Wildman–Crippen MR) is 213 cm³/mol. The number of piperazine rings is 1. The molecule has 15 nitrogen and oxygen atoms in total. The molecule has 5 heterocycles. The van der Waals surface area contributed by atoms with Crippen LogP contribution in [0.4, 0.5) is 20.7 Å². The third kappa shape index (κ3) is 6.93. The molecule has 0 unspecified atom stereocenters. The third-order valence-corrected chi connectivity index (χ3v) is 12.4. The highest BCUT2D eigenvalue weighted by molar-refractivity contribution is 7.89. The first kappa shape index (κ1) is 37.4. The number of benzene rings is 3. The Hall–Kier alpha value is -6.20. The van der Waals surface area contributed by atoms with Gasteiger partial charge in [0.25, 0.3) is 15.9 Å². The van der Waals surface area contributed by atoms with Crippen LogP contribution in [0.1, 0.15) is 37.4 Å². The van der Waals surface area contributed by atoms with Crippen molar-refractivity contribution in [1.82, 2.24) is 34.0 Å². The minimum atomic E-state index is -3.98. The number of ether oxygens (including phenoxy) is 2. The molecule has 2 bridgehead atoms. The van der Waals surface area contributed by atoms with Crippen molar-refractivity contribution in [1.29, 1.82) is 0 Å². The monoisotopic (exact) mass is 823 g/mol. The number of aromatic nitrogens is 6. The van der Waals surface area contributed by atoms with Gasteiger partial charge in [-0.2, -0.15) is 18.4 Å². The highest BCUT2D eigenvalue weighted by atomic mass is 35.5. The summed E-state index contributed by atoms with van der Waals surface area (Å²) in [7, 11) is -3.98. The van der Waals surface area contributed by atoms with Gasteiger partial charge in [0.2, 0.25) is 0 Å². The summed E-state index contributed by atoms with van der Waals surface area (Å²) in [5.41, 5.74) is 0.716. The van der Waals surface area contributed by atoms with E-state index in [2.05, 4.69) is 36.9 Å². The molecule has 58 heavy (non-hydrogen) atoms. The molecule has 2 amide bonds. The smallest absolute Gasteiger partial charge is 0.410 e. The molecule has 2 atom stereocenters. The van der Waals surface area contributed by atoms with Gasteiger partial charge in [0, 0.05) is 46.9 Å². The number of nitrogens with zero attached hydrogens (tertiary/aromatic N) is 8. The normalized spacial score (nSPS) is 17.8. The lowest BCUT2D eigenvalue weighted by atomic mass is 10.0. The first-order valence-corrected chi connectivity index (χ1v) is 20.5. The minimum absolute atomic E-state index is 0.0204. The Balaban J connectivity index is 0.994. The zero-order valence-electron chi connectivity index (χ0n) is 30.8. The molecule has 296 valence electrons. The van der Waals surface area contributed by atoms with Gasteiger partial charge >= 0.3 is 12.1 Å². The molecule has 1 aliphatic carbocycles. The molecule has 0 spiro atoms. The van der Waals surface area contributed by atoms with Gasteiger partial charge in [-0.1, -0.05) is 54.6 Å². The van der Waals surface area contributed by atoms with E-state index in [1.807, 2.05) is 23.1 Å². The Morgan fingerprint density at radius 3 is 2.45 bits per heavy atom. The number of pyridine rings is 1. The standard InChI is InChI=1S/C40H35ClFN9O6S/c1-2-17-56-40(53)51-26-13-14-27(51)20-49(19-26)38-30-18-43-35(29-7-3-5-23-6-4-8-31(41)33(23)29)34(42)36(30)46-39(47-38)57-21-32(52)45-25-11-15-28(16-12-25)58(54,55)50-22-44-37(48-50)24-9-10-24/h2-8,11-12,15-16,18,22,24,26-27H,1,9-10,13-14,17,19-21H2,(H,45,52)/t26-,27+. The number of hydrogen-bond acceptors (Lipinski definition) is 12. The van der Waals surface area contributed by atoms with Crippen molar-refractivity contribution < 1.29 is 31.9 Å². The molecular formula is C40H35ClFN9O6S. The zero-order chi connectivity index (χ0) is 40.1. The van der Waals surface area contributed by atoms with Gasteiger partial charge in [0.15, 0.2) is 18.2 Å². The summed E-state index contributed by atoms with van der Waals surface area (Å²) < 4.78 is 55.1. The number of amides is 2. The van der Waals surface area contributed by atoms with E-state index in [4.69, 9.17) is 21.1 Å². The average molecular weight is 824 g/mol. The summed E-state index contributed by atoms with van der Waals surface area (Å²) in [4.78, 5) is 47.6. The Bertz CT molecular complexity index is 2710. The van der Waals surface area contributed by atoms with Crippen LogP contribution in [0.15, 0.2) is 90.7 Å². The van der Waals surface area contributed by atoms with Gasteiger partial charge in [0.1, 0.15) is 30.0 Å². The number of halogens is 2.